The normalized spacial score (nSPS) is 11.6. The Morgan fingerprint density at radius 1 is 1.19 bits per heavy atom. The van der Waals surface area contributed by atoms with Crippen LogP contribution in [0.2, 0.25) is 0 Å². The summed E-state index contributed by atoms with van der Waals surface area (Å²) in [6.45, 7) is 1.80. The molecule has 0 unspecified atom stereocenters. The molecule has 0 aliphatic heterocycles. The van der Waals surface area contributed by atoms with E-state index in [1.54, 1.807) is 25.1 Å². The van der Waals surface area contributed by atoms with Crippen molar-refractivity contribution in [2.75, 3.05) is 0 Å². The lowest BCUT2D eigenvalue weighted by molar-refractivity contribution is -0.137. The summed E-state index contributed by atoms with van der Waals surface area (Å²) in [5, 5.41) is 14.1. The molecule has 0 bridgehead atoms. The molecule has 4 nitrogen and oxygen atoms in total. The molecule has 0 amide bonds. The Morgan fingerprint density at radius 2 is 1.85 bits per heavy atom. The van der Waals surface area contributed by atoms with E-state index in [4.69, 9.17) is 0 Å². The summed E-state index contributed by atoms with van der Waals surface area (Å²) in [6.07, 6.45) is -4.07. The van der Waals surface area contributed by atoms with Gasteiger partial charge in [0.2, 0.25) is 0 Å². The van der Waals surface area contributed by atoms with Crippen LogP contribution in [0.25, 0.3) is 16.9 Å². The van der Waals surface area contributed by atoms with Gasteiger partial charge < -0.3 is 5.11 Å². The average molecular weight is 439 g/mol. The van der Waals surface area contributed by atoms with E-state index in [0.29, 0.717) is 23.4 Å². The standard InChI is InChI=1S/C19H14BrF3N2O2/c1-2-15-16(18(26)27)17(11-6-8-12(9-7-11)19(21,22)23)24-25(15)14-5-3-4-13(20)10-14/h3-10H,2H2,1H3,(H,26,27). The highest BCUT2D eigenvalue weighted by atomic mass is 79.9. The Hall–Kier alpha value is -2.61. The van der Waals surface area contributed by atoms with Gasteiger partial charge in [-0.25, -0.2) is 9.48 Å². The third-order valence-corrected chi connectivity index (χ3v) is 4.56. The van der Waals surface area contributed by atoms with Gasteiger partial charge in [-0.3, -0.25) is 0 Å². The van der Waals surface area contributed by atoms with Gasteiger partial charge in [-0.2, -0.15) is 18.3 Å². The van der Waals surface area contributed by atoms with E-state index in [0.717, 1.165) is 16.6 Å². The van der Waals surface area contributed by atoms with Gasteiger partial charge in [0.15, 0.2) is 0 Å². The maximum atomic E-state index is 12.8. The number of nitrogens with zero attached hydrogens (tertiary/aromatic N) is 2. The van der Waals surface area contributed by atoms with Gasteiger partial charge in [-0.15, -0.1) is 0 Å². The van der Waals surface area contributed by atoms with Gasteiger partial charge in [0.25, 0.3) is 0 Å². The van der Waals surface area contributed by atoms with E-state index in [9.17, 15) is 23.1 Å². The molecule has 27 heavy (non-hydrogen) atoms. The average Bonchev–Trinajstić information content (AvgIpc) is 3.01. The Bertz CT molecular complexity index is 995. The highest BCUT2D eigenvalue weighted by Gasteiger charge is 2.31. The second-order valence-electron chi connectivity index (χ2n) is 5.80. The van der Waals surface area contributed by atoms with Crippen LogP contribution >= 0.6 is 15.9 Å². The summed E-state index contributed by atoms with van der Waals surface area (Å²) < 4.78 is 40.7. The van der Waals surface area contributed by atoms with E-state index in [1.165, 1.54) is 16.8 Å². The first kappa shape index (κ1) is 19.2. The van der Waals surface area contributed by atoms with Crippen LogP contribution in [0.3, 0.4) is 0 Å². The molecule has 2 aromatic carbocycles. The second kappa shape index (κ2) is 7.19. The third kappa shape index (κ3) is 3.75. The molecule has 0 fully saturated rings. The number of alkyl halides is 3. The topological polar surface area (TPSA) is 55.1 Å². The van der Waals surface area contributed by atoms with E-state index in [2.05, 4.69) is 21.0 Å². The monoisotopic (exact) mass is 438 g/mol. The molecular formula is C19H14BrF3N2O2. The molecule has 0 aliphatic rings. The van der Waals surface area contributed by atoms with Crippen molar-refractivity contribution in [1.29, 1.82) is 0 Å². The van der Waals surface area contributed by atoms with Crippen molar-refractivity contribution in [1.82, 2.24) is 9.78 Å². The van der Waals surface area contributed by atoms with Crippen LogP contribution in [0.15, 0.2) is 53.0 Å². The number of rotatable bonds is 4. The zero-order valence-electron chi connectivity index (χ0n) is 14.1. The molecule has 140 valence electrons. The Morgan fingerprint density at radius 3 is 2.37 bits per heavy atom. The van der Waals surface area contributed by atoms with Crippen molar-refractivity contribution in [3.05, 3.63) is 69.8 Å². The fourth-order valence-electron chi connectivity index (χ4n) is 2.84. The molecule has 0 aliphatic carbocycles. The van der Waals surface area contributed by atoms with Gasteiger partial charge in [0, 0.05) is 10.0 Å². The van der Waals surface area contributed by atoms with E-state index in [-0.39, 0.29) is 11.3 Å². The van der Waals surface area contributed by atoms with Crippen LogP contribution in [0.4, 0.5) is 13.2 Å². The number of carboxylic acid groups (broad SMARTS) is 1. The minimum atomic E-state index is -4.46. The molecule has 3 rings (SSSR count). The van der Waals surface area contributed by atoms with Gasteiger partial charge >= 0.3 is 12.1 Å². The van der Waals surface area contributed by atoms with E-state index in [1.807, 2.05) is 6.07 Å². The molecule has 1 N–H and O–H groups in total. The predicted molar refractivity (Wildman–Crippen MR) is 98.0 cm³/mol. The SMILES string of the molecule is CCc1c(C(=O)O)c(-c2ccc(C(F)(F)F)cc2)nn1-c1cccc(Br)c1. The highest BCUT2D eigenvalue weighted by Crippen LogP contribution is 2.33. The van der Waals surface area contributed by atoms with Gasteiger partial charge in [0.05, 0.1) is 16.9 Å². The lowest BCUT2D eigenvalue weighted by Gasteiger charge is -2.07. The van der Waals surface area contributed by atoms with E-state index >= 15 is 0 Å². The molecule has 0 spiro atoms. The number of carboxylic acids is 1. The minimum absolute atomic E-state index is 0.0164. The fraction of sp³-hybridized carbons (Fsp3) is 0.158. The maximum Gasteiger partial charge on any atom is 0.416 e. The number of hydrogen-bond donors (Lipinski definition) is 1. The molecule has 1 aromatic heterocycles. The van der Waals surface area contributed by atoms with Crippen LogP contribution in [0.5, 0.6) is 0 Å². The van der Waals surface area contributed by atoms with Crippen molar-refractivity contribution in [3.8, 4) is 16.9 Å². The minimum Gasteiger partial charge on any atom is -0.478 e. The quantitative estimate of drug-likeness (QED) is 0.578. The first-order valence-electron chi connectivity index (χ1n) is 8.01. The summed E-state index contributed by atoms with van der Waals surface area (Å²) in [4.78, 5) is 11.9. The van der Waals surface area contributed by atoms with Crippen molar-refractivity contribution in [3.63, 3.8) is 0 Å². The molecule has 0 saturated heterocycles. The van der Waals surface area contributed by atoms with Crippen LogP contribution in [0, 0.1) is 0 Å². The van der Waals surface area contributed by atoms with Crippen molar-refractivity contribution >= 4 is 21.9 Å². The molecule has 1 heterocycles. The van der Waals surface area contributed by atoms with Crippen molar-refractivity contribution in [2.24, 2.45) is 0 Å². The van der Waals surface area contributed by atoms with Crippen molar-refractivity contribution in [2.45, 2.75) is 19.5 Å². The molecule has 0 radical (unpaired) electrons. The number of halogens is 4. The highest BCUT2D eigenvalue weighted by molar-refractivity contribution is 9.10. The zero-order valence-corrected chi connectivity index (χ0v) is 15.7. The van der Waals surface area contributed by atoms with Crippen LogP contribution in [-0.2, 0) is 12.6 Å². The second-order valence-corrected chi connectivity index (χ2v) is 6.71. The van der Waals surface area contributed by atoms with Crippen LogP contribution in [0.1, 0.15) is 28.5 Å². The number of benzene rings is 2. The zero-order chi connectivity index (χ0) is 19.8. The molecule has 0 atom stereocenters. The number of aromatic carboxylic acids is 1. The van der Waals surface area contributed by atoms with Gasteiger partial charge in [0.1, 0.15) is 11.3 Å². The molecular weight excluding hydrogens is 425 g/mol. The number of hydrogen-bond acceptors (Lipinski definition) is 2. The summed E-state index contributed by atoms with van der Waals surface area (Å²) >= 11 is 3.37. The first-order chi connectivity index (χ1) is 12.7. The summed E-state index contributed by atoms with van der Waals surface area (Å²) in [5.74, 6) is -1.18. The van der Waals surface area contributed by atoms with Gasteiger partial charge in [-0.05, 0) is 36.8 Å². The Labute approximate surface area is 161 Å². The van der Waals surface area contributed by atoms with E-state index < -0.39 is 17.7 Å². The maximum absolute atomic E-state index is 12.8. The summed E-state index contributed by atoms with van der Waals surface area (Å²) in [6, 6.07) is 11.5. The lowest BCUT2D eigenvalue weighted by atomic mass is 10.0. The Kier molecular flexibility index (Phi) is 5.10. The van der Waals surface area contributed by atoms with Crippen LogP contribution < -0.4 is 0 Å². The fourth-order valence-corrected chi connectivity index (χ4v) is 3.23. The van der Waals surface area contributed by atoms with Crippen molar-refractivity contribution < 1.29 is 23.1 Å². The smallest absolute Gasteiger partial charge is 0.416 e. The largest absolute Gasteiger partial charge is 0.478 e. The number of aromatic nitrogens is 2. The molecule has 8 heteroatoms. The summed E-state index contributed by atoms with van der Waals surface area (Å²) in [7, 11) is 0. The summed E-state index contributed by atoms with van der Waals surface area (Å²) in [5.41, 5.74) is 0.747. The number of carbonyl (C=O) groups is 1. The molecule has 0 saturated carbocycles. The third-order valence-electron chi connectivity index (χ3n) is 4.07. The van der Waals surface area contributed by atoms with Crippen LogP contribution in [-0.4, -0.2) is 20.9 Å². The van der Waals surface area contributed by atoms with Gasteiger partial charge in [-0.1, -0.05) is 41.1 Å². The predicted octanol–water partition coefficient (Wildman–Crippen LogP) is 5.58. The first-order valence-corrected chi connectivity index (χ1v) is 8.80. The molecule has 3 aromatic rings. The Balaban J connectivity index is 2.20. The lowest BCUT2D eigenvalue weighted by Crippen LogP contribution is -2.06.